The van der Waals surface area contributed by atoms with Crippen molar-refractivity contribution in [2.24, 2.45) is 5.92 Å². The topological polar surface area (TPSA) is 110 Å². The minimum atomic E-state index is -0.944. The fraction of sp³-hybridized carbons (Fsp3) is 0.316. The lowest BCUT2D eigenvalue weighted by Gasteiger charge is -2.22. The normalized spacial score (nSPS) is 12.8. The van der Waals surface area contributed by atoms with Crippen molar-refractivity contribution in [1.82, 2.24) is 16.2 Å². The molecule has 1 aromatic heterocycles. The SMILES string of the molecule is CC(Oc1ccc(F)cc1)C(=O)NNC(=O)C(NC(=O)c1ccco1)C(C)C. The van der Waals surface area contributed by atoms with Crippen LogP contribution in [0.4, 0.5) is 4.39 Å². The Labute approximate surface area is 161 Å². The summed E-state index contributed by atoms with van der Waals surface area (Å²) < 4.78 is 23.3. The van der Waals surface area contributed by atoms with Gasteiger partial charge in [0.1, 0.15) is 17.6 Å². The Kier molecular flexibility index (Phi) is 7.14. The molecule has 0 bridgehead atoms. The molecule has 28 heavy (non-hydrogen) atoms. The summed E-state index contributed by atoms with van der Waals surface area (Å²) in [5.41, 5.74) is 4.51. The Balaban J connectivity index is 1.87. The van der Waals surface area contributed by atoms with Gasteiger partial charge in [-0.05, 0) is 49.2 Å². The number of nitrogens with one attached hydrogen (secondary N) is 3. The van der Waals surface area contributed by atoms with Crippen LogP contribution in [0.2, 0.25) is 0 Å². The zero-order chi connectivity index (χ0) is 20.7. The van der Waals surface area contributed by atoms with Crippen molar-refractivity contribution in [3.8, 4) is 5.75 Å². The number of rotatable bonds is 7. The van der Waals surface area contributed by atoms with Gasteiger partial charge in [-0.25, -0.2) is 4.39 Å². The molecule has 0 aliphatic rings. The van der Waals surface area contributed by atoms with Crippen LogP contribution < -0.4 is 20.9 Å². The van der Waals surface area contributed by atoms with Crippen LogP contribution in [0.3, 0.4) is 0 Å². The zero-order valence-electron chi connectivity index (χ0n) is 15.7. The monoisotopic (exact) mass is 391 g/mol. The van der Waals surface area contributed by atoms with Crippen LogP contribution >= 0.6 is 0 Å². The average Bonchev–Trinajstić information content (AvgIpc) is 3.20. The van der Waals surface area contributed by atoms with E-state index in [-0.39, 0.29) is 11.7 Å². The largest absolute Gasteiger partial charge is 0.481 e. The Hall–Kier alpha value is -3.36. The van der Waals surface area contributed by atoms with Crippen molar-refractivity contribution in [1.29, 1.82) is 0 Å². The first-order valence-corrected chi connectivity index (χ1v) is 8.64. The Morgan fingerprint density at radius 2 is 1.64 bits per heavy atom. The van der Waals surface area contributed by atoms with E-state index in [1.165, 1.54) is 43.5 Å². The first-order valence-electron chi connectivity index (χ1n) is 8.64. The van der Waals surface area contributed by atoms with Crippen molar-refractivity contribution >= 4 is 17.7 Å². The first kappa shape index (κ1) is 20.9. The molecule has 0 spiro atoms. The predicted molar refractivity (Wildman–Crippen MR) is 97.6 cm³/mol. The second kappa shape index (κ2) is 9.54. The standard InChI is InChI=1S/C19H22FN3O5/c1-11(2)16(21-18(25)15-5-4-10-27-15)19(26)23-22-17(24)12(3)28-14-8-6-13(20)7-9-14/h4-12,16H,1-3H3,(H,21,25)(H,22,24)(H,23,26). The molecule has 150 valence electrons. The van der Waals surface area contributed by atoms with Gasteiger partial charge in [0, 0.05) is 0 Å². The van der Waals surface area contributed by atoms with Crippen LogP contribution in [0.25, 0.3) is 0 Å². The number of carbonyl (C=O) groups excluding carboxylic acids is 3. The molecule has 0 aliphatic heterocycles. The van der Waals surface area contributed by atoms with Gasteiger partial charge < -0.3 is 14.5 Å². The van der Waals surface area contributed by atoms with Crippen LogP contribution in [-0.2, 0) is 9.59 Å². The van der Waals surface area contributed by atoms with Gasteiger partial charge in [0.05, 0.1) is 6.26 Å². The fourth-order valence-corrected chi connectivity index (χ4v) is 2.23. The van der Waals surface area contributed by atoms with Crippen LogP contribution in [0.5, 0.6) is 5.75 Å². The first-order chi connectivity index (χ1) is 13.3. The molecular formula is C19H22FN3O5. The molecule has 0 fully saturated rings. The van der Waals surface area contributed by atoms with Gasteiger partial charge >= 0.3 is 0 Å². The molecule has 8 nitrogen and oxygen atoms in total. The summed E-state index contributed by atoms with van der Waals surface area (Å²) in [5.74, 6) is -2.05. The number of hydrogen-bond acceptors (Lipinski definition) is 5. The van der Waals surface area contributed by atoms with E-state index < -0.39 is 35.7 Å². The van der Waals surface area contributed by atoms with Gasteiger partial charge in [0.15, 0.2) is 11.9 Å². The van der Waals surface area contributed by atoms with Crippen LogP contribution in [0.1, 0.15) is 31.3 Å². The molecule has 1 heterocycles. The average molecular weight is 391 g/mol. The molecule has 0 saturated heterocycles. The summed E-state index contributed by atoms with van der Waals surface area (Å²) in [4.78, 5) is 36.5. The molecule has 0 aliphatic carbocycles. The quantitative estimate of drug-likeness (QED) is 0.624. The third-order valence-corrected chi connectivity index (χ3v) is 3.79. The van der Waals surface area contributed by atoms with Gasteiger partial charge in [-0.1, -0.05) is 13.8 Å². The number of amides is 3. The van der Waals surface area contributed by atoms with Crippen molar-refractivity contribution in [3.63, 3.8) is 0 Å². The highest BCUT2D eigenvalue weighted by Crippen LogP contribution is 2.13. The van der Waals surface area contributed by atoms with E-state index in [4.69, 9.17) is 9.15 Å². The molecule has 2 rings (SSSR count). The third kappa shape index (κ3) is 5.83. The second-order valence-corrected chi connectivity index (χ2v) is 6.36. The summed E-state index contributed by atoms with van der Waals surface area (Å²) >= 11 is 0. The van der Waals surface area contributed by atoms with E-state index in [1.54, 1.807) is 19.9 Å². The van der Waals surface area contributed by atoms with Gasteiger partial charge in [-0.15, -0.1) is 0 Å². The summed E-state index contributed by atoms with van der Waals surface area (Å²) in [6.45, 7) is 4.97. The lowest BCUT2D eigenvalue weighted by atomic mass is 10.0. The summed E-state index contributed by atoms with van der Waals surface area (Å²) in [7, 11) is 0. The number of carbonyl (C=O) groups is 3. The fourth-order valence-electron chi connectivity index (χ4n) is 2.23. The zero-order valence-corrected chi connectivity index (χ0v) is 15.7. The van der Waals surface area contributed by atoms with Crippen molar-refractivity contribution in [2.45, 2.75) is 32.9 Å². The molecule has 3 amide bonds. The number of ether oxygens (including phenoxy) is 1. The minimum absolute atomic E-state index is 0.0730. The number of furan rings is 1. The Bertz CT molecular complexity index is 805. The number of benzene rings is 1. The smallest absolute Gasteiger partial charge is 0.287 e. The van der Waals surface area contributed by atoms with E-state index in [9.17, 15) is 18.8 Å². The van der Waals surface area contributed by atoms with E-state index in [1.807, 2.05) is 0 Å². The molecule has 1 aromatic carbocycles. The third-order valence-electron chi connectivity index (χ3n) is 3.79. The Morgan fingerprint density at radius 1 is 1.00 bits per heavy atom. The number of hydrogen-bond donors (Lipinski definition) is 3. The maximum Gasteiger partial charge on any atom is 0.287 e. The number of hydrazine groups is 1. The maximum atomic E-state index is 12.9. The van der Waals surface area contributed by atoms with Crippen molar-refractivity contribution in [3.05, 3.63) is 54.2 Å². The molecule has 0 saturated carbocycles. The highest BCUT2D eigenvalue weighted by atomic mass is 19.1. The molecular weight excluding hydrogens is 369 g/mol. The summed E-state index contributed by atoms with van der Waals surface area (Å²) in [6, 6.07) is 7.31. The summed E-state index contributed by atoms with van der Waals surface area (Å²) in [6.07, 6.45) is 0.406. The van der Waals surface area contributed by atoms with E-state index in [0.29, 0.717) is 5.75 Å². The lowest BCUT2D eigenvalue weighted by molar-refractivity contribution is -0.133. The molecule has 2 atom stereocenters. The van der Waals surface area contributed by atoms with Crippen LogP contribution in [-0.4, -0.2) is 29.9 Å². The van der Waals surface area contributed by atoms with Gasteiger partial charge in [-0.3, -0.25) is 25.2 Å². The van der Waals surface area contributed by atoms with Crippen molar-refractivity contribution < 1.29 is 27.9 Å². The van der Waals surface area contributed by atoms with Gasteiger partial charge in [0.2, 0.25) is 0 Å². The second-order valence-electron chi connectivity index (χ2n) is 6.36. The number of halogens is 1. The van der Waals surface area contributed by atoms with E-state index in [0.717, 1.165) is 0 Å². The molecule has 2 unspecified atom stereocenters. The van der Waals surface area contributed by atoms with Crippen LogP contribution in [0.15, 0.2) is 47.1 Å². The molecule has 3 N–H and O–H groups in total. The minimum Gasteiger partial charge on any atom is -0.481 e. The van der Waals surface area contributed by atoms with E-state index in [2.05, 4.69) is 16.2 Å². The highest BCUT2D eigenvalue weighted by molar-refractivity contribution is 5.96. The summed E-state index contributed by atoms with van der Waals surface area (Å²) in [5, 5.41) is 2.55. The lowest BCUT2D eigenvalue weighted by Crippen LogP contribution is -2.55. The van der Waals surface area contributed by atoms with Crippen LogP contribution in [0, 0.1) is 11.7 Å². The predicted octanol–water partition coefficient (Wildman–Crippen LogP) is 1.79. The van der Waals surface area contributed by atoms with Gasteiger partial charge in [0.25, 0.3) is 17.7 Å². The van der Waals surface area contributed by atoms with Crippen molar-refractivity contribution in [2.75, 3.05) is 0 Å². The van der Waals surface area contributed by atoms with Gasteiger partial charge in [-0.2, -0.15) is 0 Å². The highest BCUT2D eigenvalue weighted by Gasteiger charge is 2.26. The maximum absolute atomic E-state index is 12.9. The molecule has 0 radical (unpaired) electrons. The molecule has 9 heteroatoms. The molecule has 2 aromatic rings. The van der Waals surface area contributed by atoms with E-state index >= 15 is 0 Å². The Morgan fingerprint density at radius 3 is 2.21 bits per heavy atom.